The zero-order chi connectivity index (χ0) is 16.5. The highest BCUT2D eigenvalue weighted by atomic mass is 32.1. The highest BCUT2D eigenvalue weighted by molar-refractivity contribution is 7.82. The zero-order valence-corrected chi connectivity index (χ0v) is 14.6. The van der Waals surface area contributed by atoms with Crippen molar-refractivity contribution in [2.24, 2.45) is 0 Å². The minimum Gasteiger partial charge on any atom is -0.375 e. The molecule has 0 heterocycles. The van der Waals surface area contributed by atoms with Crippen molar-refractivity contribution in [1.82, 2.24) is 9.80 Å². The average molecular weight is 342 g/mol. The lowest BCUT2D eigenvalue weighted by atomic mass is 10.2. The van der Waals surface area contributed by atoms with Gasteiger partial charge in [-0.25, -0.2) is 0 Å². The number of hydrogen-bond donors (Lipinski definition) is 2. The second kappa shape index (κ2) is 9.76. The van der Waals surface area contributed by atoms with Crippen LogP contribution in [0.25, 0.3) is 0 Å². The van der Waals surface area contributed by atoms with E-state index in [4.69, 9.17) is 4.74 Å². The number of ether oxygens (including phenoxy) is 1. The number of thiol groups is 2. The number of benzene rings is 1. The predicted octanol–water partition coefficient (Wildman–Crippen LogP) is 1.31. The molecule has 1 aromatic rings. The first-order valence-electron chi connectivity index (χ1n) is 6.88. The fourth-order valence-corrected chi connectivity index (χ4v) is 2.24. The lowest BCUT2D eigenvalue weighted by Gasteiger charge is -2.27. The van der Waals surface area contributed by atoms with Crippen molar-refractivity contribution in [2.75, 3.05) is 33.0 Å². The Kier molecular flexibility index (Phi) is 8.37. The number of hydrogen-bond acceptors (Lipinski definition) is 5. The maximum Gasteiger partial charge on any atom is 0.255 e. The van der Waals surface area contributed by atoms with Crippen molar-refractivity contribution in [3.05, 3.63) is 35.9 Å². The Hall–Kier alpha value is -1.18. The minimum atomic E-state index is -0.807. The van der Waals surface area contributed by atoms with Gasteiger partial charge in [-0.3, -0.25) is 9.59 Å². The average Bonchev–Trinajstić information content (AvgIpc) is 2.56. The van der Waals surface area contributed by atoms with Crippen LogP contribution in [0, 0.1) is 0 Å². The summed E-state index contributed by atoms with van der Waals surface area (Å²) < 4.78 is 5.54. The van der Waals surface area contributed by atoms with Gasteiger partial charge in [-0.2, -0.15) is 12.6 Å². The highest BCUT2D eigenvalue weighted by Gasteiger charge is 2.25. The van der Waals surface area contributed by atoms with Crippen molar-refractivity contribution in [1.29, 1.82) is 0 Å². The molecular weight excluding hydrogens is 320 g/mol. The largest absolute Gasteiger partial charge is 0.375 e. The molecule has 5 nitrogen and oxygen atoms in total. The van der Waals surface area contributed by atoms with Crippen LogP contribution in [0.2, 0.25) is 0 Å². The Morgan fingerprint density at radius 1 is 1.23 bits per heavy atom. The molecule has 0 aliphatic carbocycles. The summed E-state index contributed by atoms with van der Waals surface area (Å²) in [5.41, 5.74) is 1.09. The van der Waals surface area contributed by atoms with Gasteiger partial charge in [0, 0.05) is 20.6 Å². The van der Waals surface area contributed by atoms with Crippen LogP contribution in [-0.4, -0.2) is 60.0 Å². The van der Waals surface area contributed by atoms with E-state index >= 15 is 0 Å². The zero-order valence-electron chi connectivity index (χ0n) is 12.8. The third-order valence-corrected chi connectivity index (χ3v) is 4.01. The molecule has 0 aromatic heterocycles. The smallest absolute Gasteiger partial charge is 0.255 e. The molecule has 7 heteroatoms. The molecule has 0 aliphatic heterocycles. The molecule has 2 amide bonds. The van der Waals surface area contributed by atoms with E-state index in [0.29, 0.717) is 19.8 Å². The first-order valence-corrected chi connectivity index (χ1v) is 8.03. The standard InChI is InChI=1S/C15H22N2O3S2/c1-16(14(19)15(22)17(2)13(18)11-21)8-9-20-10-12-6-4-3-5-7-12/h3-7,15,21-22H,8-11H2,1-2H3. The van der Waals surface area contributed by atoms with E-state index in [1.807, 2.05) is 30.3 Å². The second-order valence-corrected chi connectivity index (χ2v) is 5.64. The third kappa shape index (κ3) is 5.90. The summed E-state index contributed by atoms with van der Waals surface area (Å²) in [7, 11) is 3.20. The van der Waals surface area contributed by atoms with Gasteiger partial charge >= 0.3 is 0 Å². The Morgan fingerprint density at radius 3 is 2.45 bits per heavy atom. The SMILES string of the molecule is CN(CCOCc1ccccc1)C(=O)C(S)N(C)C(=O)CS. The Morgan fingerprint density at radius 2 is 1.86 bits per heavy atom. The molecular formula is C15H22N2O3S2. The summed E-state index contributed by atoms with van der Waals surface area (Å²) in [6.45, 7) is 1.36. The minimum absolute atomic E-state index is 0.0464. The molecule has 1 unspecified atom stereocenters. The molecule has 1 rings (SSSR count). The summed E-state index contributed by atoms with van der Waals surface area (Å²) in [5.74, 6) is -0.445. The molecule has 0 radical (unpaired) electrons. The van der Waals surface area contributed by atoms with Crippen molar-refractivity contribution in [2.45, 2.75) is 12.0 Å². The van der Waals surface area contributed by atoms with Crippen LogP contribution in [0.5, 0.6) is 0 Å². The number of likely N-dealkylation sites (N-methyl/N-ethyl adjacent to an activating group) is 2. The first kappa shape index (κ1) is 18.9. The molecule has 0 saturated carbocycles. The summed E-state index contributed by atoms with van der Waals surface area (Å²) in [5, 5.41) is -0.807. The summed E-state index contributed by atoms with van der Waals surface area (Å²) in [6.07, 6.45) is 0. The lowest BCUT2D eigenvalue weighted by Crippen LogP contribution is -2.46. The molecule has 1 aromatic carbocycles. The summed E-state index contributed by atoms with van der Waals surface area (Å²) in [6, 6.07) is 9.82. The van der Waals surface area contributed by atoms with Crippen LogP contribution in [-0.2, 0) is 20.9 Å². The van der Waals surface area contributed by atoms with Gasteiger partial charge in [0.05, 0.1) is 19.0 Å². The van der Waals surface area contributed by atoms with E-state index in [-0.39, 0.29) is 17.6 Å². The summed E-state index contributed by atoms with van der Waals surface area (Å²) in [4.78, 5) is 26.4. The highest BCUT2D eigenvalue weighted by Crippen LogP contribution is 2.07. The van der Waals surface area contributed by atoms with Gasteiger partial charge in [-0.05, 0) is 5.56 Å². The van der Waals surface area contributed by atoms with Crippen LogP contribution < -0.4 is 0 Å². The lowest BCUT2D eigenvalue weighted by molar-refractivity contribution is -0.139. The molecule has 22 heavy (non-hydrogen) atoms. The molecule has 1 atom stereocenters. The maximum atomic E-state index is 12.1. The van der Waals surface area contributed by atoms with Crippen molar-refractivity contribution < 1.29 is 14.3 Å². The van der Waals surface area contributed by atoms with Crippen LogP contribution in [0.3, 0.4) is 0 Å². The van der Waals surface area contributed by atoms with Gasteiger partial charge in [0.2, 0.25) is 5.91 Å². The van der Waals surface area contributed by atoms with E-state index in [1.165, 1.54) is 16.8 Å². The first-order chi connectivity index (χ1) is 10.5. The molecule has 0 fully saturated rings. The molecule has 122 valence electrons. The van der Waals surface area contributed by atoms with Crippen LogP contribution in [0.15, 0.2) is 30.3 Å². The van der Waals surface area contributed by atoms with Crippen LogP contribution in [0.1, 0.15) is 5.56 Å². The van der Waals surface area contributed by atoms with Gasteiger partial charge < -0.3 is 14.5 Å². The van der Waals surface area contributed by atoms with Crippen LogP contribution >= 0.6 is 25.3 Å². The van der Waals surface area contributed by atoms with Gasteiger partial charge in [0.25, 0.3) is 5.91 Å². The Labute approximate surface area is 142 Å². The van der Waals surface area contributed by atoms with E-state index < -0.39 is 5.37 Å². The van der Waals surface area contributed by atoms with E-state index in [1.54, 1.807) is 7.05 Å². The maximum absolute atomic E-state index is 12.1. The molecule has 0 spiro atoms. The fourth-order valence-electron chi connectivity index (χ4n) is 1.69. The summed E-state index contributed by atoms with van der Waals surface area (Å²) >= 11 is 8.10. The third-order valence-electron chi connectivity index (χ3n) is 3.18. The Balaban J connectivity index is 2.33. The van der Waals surface area contributed by atoms with E-state index in [2.05, 4.69) is 25.3 Å². The number of amides is 2. The van der Waals surface area contributed by atoms with Gasteiger partial charge in [-0.1, -0.05) is 30.3 Å². The van der Waals surface area contributed by atoms with Crippen LogP contribution in [0.4, 0.5) is 0 Å². The van der Waals surface area contributed by atoms with E-state index in [0.717, 1.165) is 5.56 Å². The molecule has 0 bridgehead atoms. The topological polar surface area (TPSA) is 49.9 Å². The van der Waals surface area contributed by atoms with Gasteiger partial charge in [0.1, 0.15) is 0 Å². The van der Waals surface area contributed by atoms with Gasteiger partial charge in [-0.15, -0.1) is 12.6 Å². The molecule has 0 N–H and O–H groups in total. The number of carbonyl (C=O) groups is 2. The number of rotatable bonds is 8. The van der Waals surface area contributed by atoms with E-state index in [9.17, 15) is 9.59 Å². The van der Waals surface area contributed by atoms with Gasteiger partial charge in [0.15, 0.2) is 5.37 Å². The fraction of sp³-hybridized carbons (Fsp3) is 0.467. The monoisotopic (exact) mass is 342 g/mol. The second-order valence-electron chi connectivity index (χ2n) is 4.83. The molecule has 0 saturated heterocycles. The normalized spacial score (nSPS) is 11.8. The van der Waals surface area contributed by atoms with Crippen molar-refractivity contribution in [3.8, 4) is 0 Å². The quantitative estimate of drug-likeness (QED) is 0.425. The Bertz CT molecular complexity index is 485. The van der Waals surface area contributed by atoms with Crippen molar-refractivity contribution >= 4 is 37.1 Å². The predicted molar refractivity (Wildman–Crippen MR) is 93.1 cm³/mol. The number of nitrogens with zero attached hydrogens (tertiary/aromatic N) is 2. The number of carbonyl (C=O) groups excluding carboxylic acids is 2. The molecule has 0 aliphatic rings. The van der Waals surface area contributed by atoms with Crippen molar-refractivity contribution in [3.63, 3.8) is 0 Å².